The number of esters is 1. The Morgan fingerprint density at radius 1 is 0.917 bits per heavy atom. The summed E-state index contributed by atoms with van der Waals surface area (Å²) in [6.07, 6.45) is 0.651. The van der Waals surface area contributed by atoms with Crippen LogP contribution < -0.4 is 10.5 Å². The van der Waals surface area contributed by atoms with Gasteiger partial charge in [-0.05, 0) is 35.7 Å². The van der Waals surface area contributed by atoms with E-state index in [0.29, 0.717) is 17.2 Å². The second kappa shape index (κ2) is 7.20. The van der Waals surface area contributed by atoms with Gasteiger partial charge in [0.1, 0.15) is 5.75 Å². The molecule has 0 saturated heterocycles. The maximum absolute atomic E-state index is 12.3. The third-order valence-electron chi connectivity index (χ3n) is 3.67. The molecule has 0 aliphatic carbocycles. The first-order valence-corrected chi connectivity index (χ1v) is 7.91. The van der Waals surface area contributed by atoms with E-state index < -0.39 is 5.97 Å². The lowest BCUT2D eigenvalue weighted by Crippen LogP contribution is -2.12. The molecule has 3 aromatic rings. The summed E-state index contributed by atoms with van der Waals surface area (Å²) >= 11 is 6.36. The van der Waals surface area contributed by atoms with E-state index >= 15 is 0 Å². The number of nitrogens with two attached hydrogens (primary N) is 1. The lowest BCUT2D eigenvalue weighted by Gasteiger charge is -2.11. The smallest absolute Gasteiger partial charge is 0.345 e. The quantitative estimate of drug-likeness (QED) is 0.425. The van der Waals surface area contributed by atoms with Crippen LogP contribution in [0.3, 0.4) is 0 Å². The van der Waals surface area contributed by atoms with Gasteiger partial charge >= 0.3 is 5.97 Å². The molecule has 3 aromatic carbocycles. The van der Waals surface area contributed by atoms with Gasteiger partial charge < -0.3 is 10.5 Å². The van der Waals surface area contributed by atoms with E-state index in [0.717, 1.165) is 11.1 Å². The number of carbonyl (C=O) groups excluding carboxylic acids is 1. The van der Waals surface area contributed by atoms with Crippen molar-refractivity contribution >= 4 is 23.3 Å². The van der Waals surface area contributed by atoms with Crippen molar-refractivity contribution in [3.05, 3.63) is 94.5 Å². The maximum Gasteiger partial charge on any atom is 0.345 e. The van der Waals surface area contributed by atoms with E-state index in [9.17, 15) is 4.79 Å². The fourth-order valence-corrected chi connectivity index (χ4v) is 2.65. The zero-order valence-corrected chi connectivity index (χ0v) is 13.7. The number of ether oxygens (including phenoxy) is 1. The van der Waals surface area contributed by atoms with E-state index in [1.807, 2.05) is 42.5 Å². The number of halogens is 1. The summed E-state index contributed by atoms with van der Waals surface area (Å²) in [5.74, 6) is -0.0572. The number of nitrogen functional groups attached to an aromatic ring is 1. The summed E-state index contributed by atoms with van der Waals surface area (Å²) in [6, 6.07) is 22.3. The summed E-state index contributed by atoms with van der Waals surface area (Å²) in [7, 11) is 0. The molecule has 0 unspecified atom stereocenters. The molecule has 2 N–H and O–H groups in total. The highest BCUT2D eigenvalue weighted by Crippen LogP contribution is 2.29. The van der Waals surface area contributed by atoms with Crippen LogP contribution in [0.1, 0.15) is 21.5 Å². The Kier molecular flexibility index (Phi) is 4.82. The summed E-state index contributed by atoms with van der Waals surface area (Å²) in [5.41, 5.74) is 8.56. The van der Waals surface area contributed by atoms with Crippen molar-refractivity contribution in [2.24, 2.45) is 0 Å². The van der Waals surface area contributed by atoms with Crippen molar-refractivity contribution < 1.29 is 9.53 Å². The van der Waals surface area contributed by atoms with Crippen molar-refractivity contribution in [3.8, 4) is 5.75 Å². The van der Waals surface area contributed by atoms with Gasteiger partial charge in [-0.25, -0.2) is 4.79 Å². The average molecular weight is 338 g/mol. The van der Waals surface area contributed by atoms with Gasteiger partial charge in [0.2, 0.25) is 0 Å². The number of anilines is 1. The van der Waals surface area contributed by atoms with Crippen LogP contribution >= 0.6 is 11.6 Å². The first-order valence-electron chi connectivity index (χ1n) is 7.53. The molecule has 0 aliphatic rings. The van der Waals surface area contributed by atoms with Gasteiger partial charge in [0, 0.05) is 0 Å². The highest BCUT2D eigenvalue weighted by molar-refractivity contribution is 6.34. The molecule has 24 heavy (non-hydrogen) atoms. The topological polar surface area (TPSA) is 52.3 Å². The van der Waals surface area contributed by atoms with Crippen LogP contribution in [0.4, 0.5) is 5.69 Å². The third-order valence-corrected chi connectivity index (χ3v) is 4.12. The van der Waals surface area contributed by atoms with Gasteiger partial charge in [-0.1, -0.05) is 66.2 Å². The standard InChI is InChI=1S/C20H16ClNO2/c21-18-15(13-14-7-3-1-4-8-14)11-12-17(19(18)22)20(23)24-16-9-5-2-6-10-16/h1-12H,13,22H2. The fourth-order valence-electron chi connectivity index (χ4n) is 2.42. The van der Waals surface area contributed by atoms with Gasteiger partial charge in [-0.2, -0.15) is 0 Å². The van der Waals surface area contributed by atoms with Gasteiger partial charge in [0.05, 0.1) is 16.3 Å². The lowest BCUT2D eigenvalue weighted by molar-refractivity contribution is 0.0736. The molecule has 3 nitrogen and oxygen atoms in total. The Morgan fingerprint density at radius 2 is 1.54 bits per heavy atom. The first kappa shape index (κ1) is 16.1. The van der Waals surface area contributed by atoms with Gasteiger partial charge in [-0.3, -0.25) is 0 Å². The normalized spacial score (nSPS) is 10.4. The van der Waals surface area contributed by atoms with Gasteiger partial charge in [0.25, 0.3) is 0 Å². The molecule has 0 aliphatic heterocycles. The number of carbonyl (C=O) groups is 1. The molecule has 3 rings (SSSR count). The second-order valence-corrected chi connectivity index (χ2v) is 5.74. The highest BCUT2D eigenvalue weighted by Gasteiger charge is 2.17. The zero-order valence-electron chi connectivity index (χ0n) is 12.9. The molecule has 0 bridgehead atoms. The van der Waals surface area contributed by atoms with E-state index in [-0.39, 0.29) is 11.3 Å². The molecule has 0 aromatic heterocycles. The fraction of sp³-hybridized carbons (Fsp3) is 0.0500. The predicted octanol–water partition coefficient (Wildman–Crippen LogP) is 4.73. The summed E-state index contributed by atoms with van der Waals surface area (Å²) in [5, 5.41) is 0.390. The van der Waals surface area contributed by atoms with E-state index in [2.05, 4.69) is 0 Å². The second-order valence-electron chi connectivity index (χ2n) is 5.36. The molecule has 0 heterocycles. The van der Waals surface area contributed by atoms with Crippen LogP contribution in [-0.2, 0) is 6.42 Å². The molecular weight excluding hydrogens is 322 g/mol. The minimum atomic E-state index is -0.521. The Bertz CT molecular complexity index is 848. The molecule has 0 saturated carbocycles. The molecule has 0 radical (unpaired) electrons. The zero-order chi connectivity index (χ0) is 16.9. The van der Waals surface area contributed by atoms with Crippen LogP contribution in [-0.4, -0.2) is 5.97 Å². The Morgan fingerprint density at radius 3 is 2.21 bits per heavy atom. The minimum absolute atomic E-state index is 0.242. The first-order chi connectivity index (χ1) is 11.6. The summed E-state index contributed by atoms with van der Waals surface area (Å²) in [6.45, 7) is 0. The highest BCUT2D eigenvalue weighted by atomic mass is 35.5. The number of hydrogen-bond acceptors (Lipinski definition) is 3. The van der Waals surface area contributed by atoms with Crippen LogP contribution in [0.25, 0.3) is 0 Å². The number of rotatable bonds is 4. The average Bonchev–Trinajstić information content (AvgIpc) is 2.61. The van der Waals surface area contributed by atoms with Crippen molar-refractivity contribution in [2.75, 3.05) is 5.73 Å². The molecule has 120 valence electrons. The molecule has 0 fully saturated rings. The molecule has 4 heteroatoms. The third kappa shape index (κ3) is 3.58. The largest absolute Gasteiger partial charge is 0.423 e. The Labute approximate surface area is 145 Å². The summed E-state index contributed by atoms with van der Waals surface area (Å²) < 4.78 is 5.32. The van der Waals surface area contributed by atoms with Gasteiger partial charge in [-0.15, -0.1) is 0 Å². The Balaban J connectivity index is 1.83. The maximum atomic E-state index is 12.3. The van der Waals surface area contributed by atoms with Crippen molar-refractivity contribution in [2.45, 2.75) is 6.42 Å². The molecule has 0 amide bonds. The summed E-state index contributed by atoms with van der Waals surface area (Å²) in [4.78, 5) is 12.3. The number of benzene rings is 3. The van der Waals surface area contributed by atoms with Gasteiger partial charge in [0.15, 0.2) is 0 Å². The van der Waals surface area contributed by atoms with E-state index in [1.54, 1.807) is 30.3 Å². The SMILES string of the molecule is Nc1c(C(=O)Oc2ccccc2)ccc(Cc2ccccc2)c1Cl. The monoisotopic (exact) mass is 337 g/mol. The van der Waals surface area contributed by atoms with Crippen molar-refractivity contribution in [1.82, 2.24) is 0 Å². The number of hydrogen-bond donors (Lipinski definition) is 1. The Hall–Kier alpha value is -2.78. The van der Waals surface area contributed by atoms with Crippen LogP contribution in [0, 0.1) is 0 Å². The van der Waals surface area contributed by atoms with Crippen LogP contribution in [0.15, 0.2) is 72.8 Å². The van der Waals surface area contributed by atoms with E-state index in [1.165, 1.54) is 0 Å². The predicted molar refractivity (Wildman–Crippen MR) is 96.5 cm³/mol. The van der Waals surface area contributed by atoms with Crippen molar-refractivity contribution in [1.29, 1.82) is 0 Å². The number of para-hydroxylation sites is 1. The minimum Gasteiger partial charge on any atom is -0.423 e. The molecule has 0 spiro atoms. The van der Waals surface area contributed by atoms with E-state index in [4.69, 9.17) is 22.1 Å². The van der Waals surface area contributed by atoms with Crippen LogP contribution in [0.5, 0.6) is 5.75 Å². The molecular formula is C20H16ClNO2. The van der Waals surface area contributed by atoms with Crippen LogP contribution in [0.2, 0.25) is 5.02 Å². The molecule has 0 atom stereocenters. The lowest BCUT2D eigenvalue weighted by atomic mass is 10.0. The van der Waals surface area contributed by atoms with Crippen molar-refractivity contribution in [3.63, 3.8) is 0 Å².